The van der Waals surface area contributed by atoms with Gasteiger partial charge in [-0.2, -0.15) is 0 Å². The Kier molecular flexibility index (Phi) is 4.45. The molecule has 0 amide bonds. The highest BCUT2D eigenvalue weighted by Crippen LogP contribution is 2.38. The molecule has 0 N–H and O–H groups in total. The predicted molar refractivity (Wildman–Crippen MR) is 96.9 cm³/mol. The van der Waals surface area contributed by atoms with Crippen LogP contribution in [0.5, 0.6) is 0 Å². The number of pyridine rings is 1. The maximum atomic E-state index is 4.83. The van der Waals surface area contributed by atoms with Crippen molar-refractivity contribution in [3.8, 4) is 22.0 Å². The van der Waals surface area contributed by atoms with E-state index in [1.165, 1.54) is 4.90 Å². The number of aromatic nitrogens is 2. The molecule has 0 aliphatic rings. The highest BCUT2D eigenvalue weighted by atomic mass is 32.2. The van der Waals surface area contributed by atoms with Crippen LogP contribution in [0.15, 0.2) is 53.6 Å². The van der Waals surface area contributed by atoms with E-state index in [0.29, 0.717) is 0 Å². The number of thioether (sulfide) groups is 1. The number of rotatable bonds is 4. The zero-order valence-electron chi connectivity index (χ0n) is 12.8. The zero-order chi connectivity index (χ0) is 15.5. The lowest BCUT2D eigenvalue weighted by Crippen LogP contribution is -2.08. The fourth-order valence-corrected chi connectivity index (χ4v) is 3.55. The third-order valence-corrected chi connectivity index (χ3v) is 5.28. The lowest BCUT2D eigenvalue weighted by molar-refractivity contribution is 1.14. The predicted octanol–water partition coefficient (Wildman–Crippen LogP) is 4.66. The molecule has 0 atom stereocenters. The van der Waals surface area contributed by atoms with Gasteiger partial charge in [-0.15, -0.1) is 11.8 Å². The van der Waals surface area contributed by atoms with Crippen molar-refractivity contribution >= 4 is 28.1 Å². The number of thiazole rings is 1. The molecule has 3 rings (SSSR count). The van der Waals surface area contributed by atoms with E-state index >= 15 is 0 Å². The van der Waals surface area contributed by atoms with Gasteiger partial charge in [0.2, 0.25) is 0 Å². The van der Waals surface area contributed by atoms with Crippen LogP contribution in [0.25, 0.3) is 22.0 Å². The molecule has 0 saturated carbocycles. The van der Waals surface area contributed by atoms with Crippen molar-refractivity contribution in [3.05, 3.63) is 48.7 Å². The van der Waals surface area contributed by atoms with E-state index in [1.807, 2.05) is 32.3 Å². The minimum absolute atomic E-state index is 0.912. The van der Waals surface area contributed by atoms with Gasteiger partial charge in [0.05, 0.1) is 5.69 Å². The van der Waals surface area contributed by atoms with Gasteiger partial charge >= 0.3 is 0 Å². The molecule has 3 nitrogen and oxygen atoms in total. The smallest absolute Gasteiger partial charge is 0.126 e. The van der Waals surface area contributed by atoms with Gasteiger partial charge in [-0.05, 0) is 30.5 Å². The van der Waals surface area contributed by atoms with Gasteiger partial charge in [0.1, 0.15) is 15.7 Å². The Bertz CT molecular complexity index is 749. The molecule has 0 saturated heterocycles. The minimum Gasteiger partial charge on any atom is -0.368 e. The molecule has 2 aromatic heterocycles. The summed E-state index contributed by atoms with van der Waals surface area (Å²) >= 11 is 3.44. The van der Waals surface area contributed by atoms with E-state index in [9.17, 15) is 0 Å². The van der Waals surface area contributed by atoms with Gasteiger partial charge < -0.3 is 4.90 Å². The van der Waals surface area contributed by atoms with Crippen molar-refractivity contribution in [3.63, 3.8) is 0 Å². The molecular formula is C17H17N3S2. The third kappa shape index (κ3) is 3.00. The summed E-state index contributed by atoms with van der Waals surface area (Å²) in [5.74, 6) is 0. The number of hydrogen-bond acceptors (Lipinski definition) is 5. The van der Waals surface area contributed by atoms with Gasteiger partial charge in [0.25, 0.3) is 0 Å². The topological polar surface area (TPSA) is 29.0 Å². The Labute approximate surface area is 139 Å². The van der Waals surface area contributed by atoms with Crippen molar-refractivity contribution < 1.29 is 0 Å². The van der Waals surface area contributed by atoms with Gasteiger partial charge in [-0.1, -0.05) is 29.5 Å². The first-order chi connectivity index (χ1) is 10.7. The second-order valence-electron chi connectivity index (χ2n) is 5.01. The molecular weight excluding hydrogens is 310 g/mol. The molecule has 112 valence electrons. The Morgan fingerprint density at radius 3 is 2.41 bits per heavy atom. The molecule has 0 radical (unpaired) electrons. The largest absolute Gasteiger partial charge is 0.368 e. The average molecular weight is 327 g/mol. The molecule has 0 aliphatic heterocycles. The van der Waals surface area contributed by atoms with Crippen LogP contribution in [-0.2, 0) is 0 Å². The Morgan fingerprint density at radius 1 is 1.05 bits per heavy atom. The summed E-state index contributed by atoms with van der Waals surface area (Å²) in [5, 5.41) is 2.15. The van der Waals surface area contributed by atoms with Crippen LogP contribution in [0.1, 0.15) is 0 Å². The summed E-state index contributed by atoms with van der Waals surface area (Å²) in [6.45, 7) is 0. The summed E-state index contributed by atoms with van der Waals surface area (Å²) in [4.78, 5) is 12.6. The Balaban J connectivity index is 2.06. The Morgan fingerprint density at radius 2 is 1.82 bits per heavy atom. The number of benzene rings is 1. The fraction of sp³-hybridized carbons (Fsp3) is 0.176. The number of hydrogen-bond donors (Lipinski definition) is 0. The molecule has 0 fully saturated rings. The van der Waals surface area contributed by atoms with Crippen LogP contribution in [-0.4, -0.2) is 30.3 Å². The van der Waals surface area contributed by atoms with Gasteiger partial charge in [-0.3, -0.25) is 4.98 Å². The van der Waals surface area contributed by atoms with E-state index in [4.69, 9.17) is 4.98 Å². The maximum Gasteiger partial charge on any atom is 0.126 e. The summed E-state index contributed by atoms with van der Waals surface area (Å²) in [7, 11) is 4.08. The molecule has 0 bridgehead atoms. The second-order valence-corrected chi connectivity index (χ2v) is 6.87. The first-order valence-corrected chi connectivity index (χ1v) is 8.97. The Hall–Kier alpha value is -1.85. The van der Waals surface area contributed by atoms with E-state index in [0.717, 1.165) is 27.0 Å². The van der Waals surface area contributed by atoms with Crippen LogP contribution < -0.4 is 4.90 Å². The van der Waals surface area contributed by atoms with Gasteiger partial charge in [0, 0.05) is 30.8 Å². The SMILES string of the molecule is CSc1ccc(-c2nc(-c3ccccn3)c(N(C)C)s2)cc1. The average Bonchev–Trinajstić information content (AvgIpc) is 3.01. The molecule has 0 spiro atoms. The molecule has 0 unspecified atom stereocenters. The molecule has 5 heteroatoms. The maximum absolute atomic E-state index is 4.83. The monoisotopic (exact) mass is 327 g/mol. The third-order valence-electron chi connectivity index (χ3n) is 3.26. The second kappa shape index (κ2) is 6.50. The summed E-state index contributed by atoms with van der Waals surface area (Å²) in [5.41, 5.74) is 3.00. The first kappa shape index (κ1) is 15.1. The van der Waals surface area contributed by atoms with E-state index in [1.54, 1.807) is 29.3 Å². The van der Waals surface area contributed by atoms with Crippen molar-refractivity contribution in [2.75, 3.05) is 25.3 Å². The van der Waals surface area contributed by atoms with Crippen LogP contribution >= 0.6 is 23.1 Å². The minimum atomic E-state index is 0.912. The van der Waals surface area contributed by atoms with Crippen molar-refractivity contribution in [2.24, 2.45) is 0 Å². The lowest BCUT2D eigenvalue weighted by atomic mass is 10.2. The van der Waals surface area contributed by atoms with Crippen molar-refractivity contribution in [1.29, 1.82) is 0 Å². The van der Waals surface area contributed by atoms with Crippen molar-refractivity contribution in [1.82, 2.24) is 9.97 Å². The fourth-order valence-electron chi connectivity index (χ4n) is 2.14. The standard InChI is InChI=1S/C17H17N3S2/c1-20(2)17-15(14-6-4-5-11-18-14)19-16(22-17)12-7-9-13(21-3)10-8-12/h4-11H,1-3H3. The first-order valence-electron chi connectivity index (χ1n) is 6.93. The van der Waals surface area contributed by atoms with Crippen LogP contribution in [0, 0.1) is 0 Å². The van der Waals surface area contributed by atoms with E-state index < -0.39 is 0 Å². The zero-order valence-corrected chi connectivity index (χ0v) is 14.4. The highest BCUT2D eigenvalue weighted by Gasteiger charge is 2.16. The van der Waals surface area contributed by atoms with Crippen LogP contribution in [0.3, 0.4) is 0 Å². The summed E-state index contributed by atoms with van der Waals surface area (Å²) < 4.78 is 0. The lowest BCUT2D eigenvalue weighted by Gasteiger charge is -2.10. The van der Waals surface area contributed by atoms with Gasteiger partial charge in [-0.25, -0.2) is 4.98 Å². The highest BCUT2D eigenvalue weighted by molar-refractivity contribution is 7.98. The molecule has 2 heterocycles. The summed E-state index contributed by atoms with van der Waals surface area (Å²) in [6, 6.07) is 14.5. The number of anilines is 1. The van der Waals surface area contributed by atoms with Gasteiger partial charge in [0.15, 0.2) is 0 Å². The number of nitrogens with zero attached hydrogens (tertiary/aromatic N) is 3. The molecule has 1 aromatic carbocycles. The molecule has 22 heavy (non-hydrogen) atoms. The molecule has 3 aromatic rings. The summed E-state index contributed by atoms with van der Waals surface area (Å²) in [6.07, 6.45) is 3.89. The normalized spacial score (nSPS) is 10.7. The van der Waals surface area contributed by atoms with E-state index in [-0.39, 0.29) is 0 Å². The van der Waals surface area contributed by atoms with Crippen LogP contribution in [0.4, 0.5) is 5.00 Å². The van der Waals surface area contributed by atoms with Crippen molar-refractivity contribution in [2.45, 2.75) is 4.90 Å². The quantitative estimate of drug-likeness (QED) is 0.652. The van der Waals surface area contributed by atoms with Crippen LogP contribution in [0.2, 0.25) is 0 Å². The van der Waals surface area contributed by atoms with E-state index in [2.05, 4.69) is 40.4 Å². The molecule has 0 aliphatic carbocycles.